The van der Waals surface area contributed by atoms with Gasteiger partial charge in [0.2, 0.25) is 0 Å². The lowest BCUT2D eigenvalue weighted by Crippen LogP contribution is -2.21. The molecule has 0 aromatic heterocycles. The van der Waals surface area contributed by atoms with Gasteiger partial charge in [0.1, 0.15) is 23.5 Å². The van der Waals surface area contributed by atoms with Gasteiger partial charge in [0.25, 0.3) is 0 Å². The van der Waals surface area contributed by atoms with E-state index in [0.29, 0.717) is 80.0 Å². The zero-order valence-electron chi connectivity index (χ0n) is 22.1. The average molecular weight is 538 g/mol. The van der Waals surface area contributed by atoms with E-state index in [4.69, 9.17) is 5.26 Å². The molecule has 1 unspecified atom stereocenters. The number of fused-ring (bicyclic) bond motifs is 1. The molecule has 3 aromatic rings. The molecular formula is C33H32F5N. The topological polar surface area (TPSA) is 23.8 Å². The van der Waals surface area contributed by atoms with E-state index in [9.17, 15) is 13.2 Å². The van der Waals surface area contributed by atoms with Gasteiger partial charge in [-0.3, -0.25) is 0 Å². The Kier molecular flexibility index (Phi) is 8.07. The molecular weight excluding hydrogens is 505 g/mol. The highest BCUT2D eigenvalue weighted by atomic mass is 19.2. The third-order valence-electron chi connectivity index (χ3n) is 8.92. The summed E-state index contributed by atoms with van der Waals surface area (Å²) in [5.41, 5.74) is 2.99. The monoisotopic (exact) mass is 537 g/mol. The van der Waals surface area contributed by atoms with Crippen molar-refractivity contribution in [2.45, 2.75) is 83.0 Å². The molecule has 1 saturated carbocycles. The summed E-state index contributed by atoms with van der Waals surface area (Å²) in [6, 6.07) is 11.3. The third kappa shape index (κ3) is 5.46. The molecule has 0 aliphatic heterocycles. The van der Waals surface area contributed by atoms with E-state index in [2.05, 4.69) is 0 Å². The number of rotatable bonds is 6. The highest BCUT2D eigenvalue weighted by molar-refractivity contribution is 5.40. The van der Waals surface area contributed by atoms with Crippen LogP contribution in [0.15, 0.2) is 36.4 Å². The molecule has 0 amide bonds. The van der Waals surface area contributed by atoms with Gasteiger partial charge in [0, 0.05) is 5.56 Å². The van der Waals surface area contributed by atoms with Crippen LogP contribution < -0.4 is 0 Å². The van der Waals surface area contributed by atoms with E-state index in [0.717, 1.165) is 12.0 Å². The highest BCUT2D eigenvalue weighted by Gasteiger charge is 2.32. The Morgan fingerprint density at radius 3 is 2.18 bits per heavy atom. The zero-order valence-corrected chi connectivity index (χ0v) is 22.1. The molecule has 0 saturated heterocycles. The standard InChI is InChI=1S/C33H32F5N/c1-2-20-6-11-23(32(37)31(20)36)5-3-19-4-14-27-26(15-19)17-29(35)30(33(27)38)22-9-7-21(8-10-22)24-12-13-25(18-39)28(34)16-24/h6,11-13,16-17,19,21-22H,2-5,7-10,14-15H2,1H3. The zero-order chi connectivity index (χ0) is 27.7. The molecule has 0 bridgehead atoms. The van der Waals surface area contributed by atoms with Gasteiger partial charge < -0.3 is 0 Å². The van der Waals surface area contributed by atoms with Gasteiger partial charge in [-0.05, 0) is 128 Å². The van der Waals surface area contributed by atoms with E-state index in [1.807, 2.05) is 6.07 Å². The molecule has 6 heteroatoms. The second kappa shape index (κ2) is 11.5. The fourth-order valence-corrected chi connectivity index (χ4v) is 6.61. The lowest BCUT2D eigenvalue weighted by molar-refractivity contribution is 0.368. The minimum Gasteiger partial charge on any atom is -0.207 e. The lowest BCUT2D eigenvalue weighted by Gasteiger charge is -2.32. The van der Waals surface area contributed by atoms with Gasteiger partial charge in [-0.25, -0.2) is 22.0 Å². The van der Waals surface area contributed by atoms with Crippen LogP contribution in [0.25, 0.3) is 0 Å². The van der Waals surface area contributed by atoms with E-state index in [1.54, 1.807) is 25.1 Å². The summed E-state index contributed by atoms with van der Waals surface area (Å²) in [7, 11) is 0. The Morgan fingerprint density at radius 1 is 0.795 bits per heavy atom. The summed E-state index contributed by atoms with van der Waals surface area (Å²) in [6.45, 7) is 1.78. The largest absolute Gasteiger partial charge is 0.207 e. The molecule has 0 N–H and O–H groups in total. The van der Waals surface area contributed by atoms with Crippen LogP contribution in [-0.4, -0.2) is 0 Å². The molecule has 3 aromatic carbocycles. The Hall–Kier alpha value is -3.20. The van der Waals surface area contributed by atoms with E-state index < -0.39 is 29.1 Å². The molecule has 204 valence electrons. The van der Waals surface area contributed by atoms with Crippen molar-refractivity contribution < 1.29 is 22.0 Å². The first-order valence-corrected chi connectivity index (χ1v) is 14.0. The average Bonchev–Trinajstić information content (AvgIpc) is 2.94. The second-order valence-electron chi connectivity index (χ2n) is 11.1. The molecule has 1 atom stereocenters. The summed E-state index contributed by atoms with van der Waals surface area (Å²) < 4.78 is 73.7. The van der Waals surface area contributed by atoms with Gasteiger partial charge in [0.15, 0.2) is 11.6 Å². The fraction of sp³-hybridized carbons (Fsp3) is 0.424. The molecule has 0 heterocycles. The molecule has 2 aliphatic rings. The second-order valence-corrected chi connectivity index (χ2v) is 11.1. The van der Waals surface area contributed by atoms with Crippen LogP contribution >= 0.6 is 0 Å². The number of nitriles is 1. The maximum Gasteiger partial charge on any atom is 0.162 e. The van der Waals surface area contributed by atoms with Crippen LogP contribution in [0.3, 0.4) is 0 Å². The molecule has 0 radical (unpaired) electrons. The highest BCUT2D eigenvalue weighted by Crippen LogP contribution is 2.44. The Labute approximate surface area is 226 Å². The molecule has 0 spiro atoms. The van der Waals surface area contributed by atoms with Crippen LogP contribution in [0.4, 0.5) is 22.0 Å². The smallest absolute Gasteiger partial charge is 0.162 e. The molecule has 5 rings (SSSR count). The van der Waals surface area contributed by atoms with Gasteiger partial charge >= 0.3 is 0 Å². The van der Waals surface area contributed by atoms with Crippen LogP contribution in [0, 0.1) is 46.3 Å². The molecule has 2 aliphatic carbocycles. The number of hydrogen-bond donors (Lipinski definition) is 0. The third-order valence-corrected chi connectivity index (χ3v) is 8.92. The Morgan fingerprint density at radius 2 is 1.49 bits per heavy atom. The first-order chi connectivity index (χ1) is 18.8. The van der Waals surface area contributed by atoms with Crippen LogP contribution in [0.2, 0.25) is 0 Å². The first kappa shape index (κ1) is 27.4. The summed E-state index contributed by atoms with van der Waals surface area (Å²) in [5, 5.41) is 8.95. The van der Waals surface area contributed by atoms with Crippen molar-refractivity contribution in [2.24, 2.45) is 5.92 Å². The minimum absolute atomic E-state index is 0.0135. The van der Waals surface area contributed by atoms with Crippen molar-refractivity contribution in [3.05, 3.63) is 104 Å². The van der Waals surface area contributed by atoms with Crippen molar-refractivity contribution in [3.8, 4) is 6.07 Å². The van der Waals surface area contributed by atoms with Crippen molar-refractivity contribution in [1.29, 1.82) is 5.26 Å². The lowest BCUT2D eigenvalue weighted by atomic mass is 9.74. The SMILES string of the molecule is CCc1ccc(CCC2CCc3c(cc(F)c(C4CCC(c5ccc(C#N)c(F)c5)CC4)c3F)C2)c(F)c1F. The summed E-state index contributed by atoms with van der Waals surface area (Å²) in [6.07, 6.45) is 5.83. The maximum atomic E-state index is 15.7. The quantitative estimate of drug-likeness (QED) is 0.288. The summed E-state index contributed by atoms with van der Waals surface area (Å²) in [5.74, 6) is -3.01. The van der Waals surface area contributed by atoms with E-state index in [1.165, 1.54) is 18.2 Å². The van der Waals surface area contributed by atoms with Crippen LogP contribution in [-0.2, 0) is 25.7 Å². The molecule has 1 nitrogen and oxygen atoms in total. The molecule has 1 fully saturated rings. The number of halogens is 5. The van der Waals surface area contributed by atoms with Gasteiger partial charge in [-0.1, -0.05) is 25.1 Å². The molecule has 39 heavy (non-hydrogen) atoms. The summed E-state index contributed by atoms with van der Waals surface area (Å²) in [4.78, 5) is 0. The van der Waals surface area contributed by atoms with E-state index in [-0.39, 0.29) is 28.9 Å². The van der Waals surface area contributed by atoms with Crippen molar-refractivity contribution in [1.82, 2.24) is 0 Å². The van der Waals surface area contributed by atoms with Gasteiger partial charge in [-0.15, -0.1) is 0 Å². The Bertz CT molecular complexity index is 1410. The number of benzene rings is 3. The van der Waals surface area contributed by atoms with Crippen molar-refractivity contribution in [2.75, 3.05) is 0 Å². The predicted molar refractivity (Wildman–Crippen MR) is 141 cm³/mol. The van der Waals surface area contributed by atoms with Crippen LogP contribution in [0.1, 0.15) is 96.2 Å². The van der Waals surface area contributed by atoms with Crippen LogP contribution in [0.5, 0.6) is 0 Å². The van der Waals surface area contributed by atoms with Gasteiger partial charge in [0.05, 0.1) is 5.56 Å². The number of aryl methyl sites for hydroxylation is 2. The maximum absolute atomic E-state index is 15.7. The Balaban J connectivity index is 1.25. The summed E-state index contributed by atoms with van der Waals surface area (Å²) >= 11 is 0. The number of hydrogen-bond acceptors (Lipinski definition) is 1. The normalized spacial score (nSPS) is 20.9. The fourth-order valence-electron chi connectivity index (χ4n) is 6.61. The van der Waals surface area contributed by atoms with Crippen molar-refractivity contribution in [3.63, 3.8) is 0 Å². The predicted octanol–water partition coefficient (Wildman–Crippen LogP) is 9.00. The first-order valence-electron chi connectivity index (χ1n) is 14.0. The van der Waals surface area contributed by atoms with Gasteiger partial charge in [-0.2, -0.15) is 5.26 Å². The number of nitrogens with zero attached hydrogens (tertiary/aromatic N) is 1. The van der Waals surface area contributed by atoms with Crippen molar-refractivity contribution >= 4 is 0 Å². The minimum atomic E-state index is -0.786. The van der Waals surface area contributed by atoms with E-state index >= 15 is 8.78 Å².